The average Bonchev–Trinajstić information content (AvgIpc) is 2.42. The van der Waals surface area contributed by atoms with Crippen LogP contribution in [0.15, 0.2) is 10.8 Å². The Labute approximate surface area is 109 Å². The van der Waals surface area contributed by atoms with Gasteiger partial charge in [0.1, 0.15) is 0 Å². The number of carbonyl (C=O) groups is 1. The van der Waals surface area contributed by atoms with Crippen LogP contribution in [0.4, 0.5) is 0 Å². The monoisotopic (exact) mass is 278 g/mol. The van der Waals surface area contributed by atoms with Crippen LogP contribution in [0, 0.1) is 0 Å². The van der Waals surface area contributed by atoms with Gasteiger partial charge in [-0.2, -0.15) is 0 Å². The lowest BCUT2D eigenvalue weighted by Crippen LogP contribution is -2.46. The van der Waals surface area contributed by atoms with E-state index in [9.17, 15) is 4.79 Å². The zero-order valence-corrected chi connectivity index (χ0v) is 12.6. The molecule has 0 rings (SSSR count). The Balaban J connectivity index is 5.51. The lowest BCUT2D eigenvalue weighted by molar-refractivity contribution is -0.136. The molecule has 0 aliphatic carbocycles. The Morgan fingerprint density at radius 1 is 1.11 bits per heavy atom. The van der Waals surface area contributed by atoms with E-state index in [1.807, 2.05) is 0 Å². The summed E-state index contributed by atoms with van der Waals surface area (Å²) in [7, 11) is 2.68. The van der Waals surface area contributed by atoms with Crippen LogP contribution in [0.25, 0.3) is 0 Å². The van der Waals surface area contributed by atoms with Crippen molar-refractivity contribution in [1.29, 1.82) is 0 Å². The van der Waals surface area contributed by atoms with Crippen molar-refractivity contribution in [1.82, 2.24) is 0 Å². The fourth-order valence-corrected chi connectivity index (χ4v) is 4.01. The van der Waals surface area contributed by atoms with Crippen molar-refractivity contribution in [3.05, 3.63) is 10.8 Å². The molecule has 0 unspecified atom stereocenters. The van der Waals surface area contributed by atoms with Crippen LogP contribution in [-0.2, 0) is 22.8 Å². The first kappa shape index (κ1) is 17.3. The van der Waals surface area contributed by atoms with Gasteiger partial charge in [0.05, 0.1) is 7.11 Å². The molecule has 0 saturated carbocycles. The van der Waals surface area contributed by atoms with Gasteiger partial charge in [-0.05, 0) is 19.8 Å². The predicted molar refractivity (Wildman–Crippen MR) is 67.8 cm³/mol. The van der Waals surface area contributed by atoms with Crippen molar-refractivity contribution in [2.24, 2.45) is 0 Å². The van der Waals surface area contributed by atoms with Crippen molar-refractivity contribution in [3.8, 4) is 0 Å². The van der Waals surface area contributed by atoms with E-state index in [-0.39, 0.29) is 6.61 Å². The van der Waals surface area contributed by atoms with Gasteiger partial charge >= 0.3 is 14.8 Å². The quantitative estimate of drug-likeness (QED) is 0.399. The van der Waals surface area contributed by atoms with E-state index < -0.39 is 14.8 Å². The highest BCUT2D eigenvalue weighted by molar-refractivity contribution is 6.69. The summed E-state index contributed by atoms with van der Waals surface area (Å²) in [6, 6.07) is 0. The molecule has 0 saturated heterocycles. The minimum absolute atomic E-state index is 0.0135. The number of carbonyl (C=O) groups excluding carboxylic acids is 1. The zero-order valence-electron chi connectivity index (χ0n) is 11.6. The maximum atomic E-state index is 11.6. The molecule has 7 heteroatoms. The third-order valence-corrected chi connectivity index (χ3v) is 5.68. The van der Waals surface area contributed by atoms with Crippen LogP contribution in [0.3, 0.4) is 0 Å². The average molecular weight is 278 g/mol. The first-order valence-corrected chi connectivity index (χ1v) is 7.30. The van der Waals surface area contributed by atoms with E-state index in [0.29, 0.717) is 23.6 Å². The molecule has 0 bridgehead atoms. The van der Waals surface area contributed by atoms with E-state index >= 15 is 0 Å². The van der Waals surface area contributed by atoms with Crippen molar-refractivity contribution in [2.45, 2.75) is 19.8 Å². The standard InChI is InChI=1S/C11H22O6Si/c1-9(11(13)14-2)10(7-6-8-12)18(15-3,16-4)17-5/h12H,6-8H2,1-5H3. The predicted octanol–water partition coefficient (Wildman–Crippen LogP) is 0.666. The molecule has 0 aromatic heterocycles. The number of esters is 1. The molecule has 0 heterocycles. The molecule has 0 atom stereocenters. The first-order valence-electron chi connectivity index (χ1n) is 5.57. The highest BCUT2D eigenvalue weighted by Gasteiger charge is 2.44. The Bertz CT molecular complexity index is 290. The number of methoxy groups -OCH3 is 1. The highest BCUT2D eigenvalue weighted by Crippen LogP contribution is 2.26. The van der Waals surface area contributed by atoms with E-state index in [0.717, 1.165) is 0 Å². The maximum Gasteiger partial charge on any atom is 0.532 e. The molecule has 0 spiro atoms. The summed E-state index contributed by atoms with van der Waals surface area (Å²) in [5, 5.41) is 9.57. The number of aliphatic hydroxyl groups excluding tert-OH is 1. The topological polar surface area (TPSA) is 74.2 Å². The lowest BCUT2D eigenvalue weighted by atomic mass is 10.2. The number of rotatable bonds is 8. The van der Waals surface area contributed by atoms with Gasteiger partial charge < -0.3 is 23.1 Å². The molecule has 0 aliphatic rings. The third kappa shape index (κ3) is 3.89. The van der Waals surface area contributed by atoms with Crippen LogP contribution < -0.4 is 0 Å². The molecule has 0 amide bonds. The van der Waals surface area contributed by atoms with Crippen LogP contribution in [0.5, 0.6) is 0 Å². The SMILES string of the molecule is COC(=O)C(C)=C(CCCO)[Si](OC)(OC)OC. The largest absolute Gasteiger partial charge is 0.532 e. The van der Waals surface area contributed by atoms with Gasteiger partial charge in [0.2, 0.25) is 0 Å². The summed E-state index contributed by atoms with van der Waals surface area (Å²) in [4.78, 5) is 11.6. The van der Waals surface area contributed by atoms with Crippen molar-refractivity contribution >= 4 is 14.8 Å². The summed E-state index contributed by atoms with van der Waals surface area (Å²) in [6.07, 6.45) is 0.952. The Morgan fingerprint density at radius 2 is 1.61 bits per heavy atom. The molecule has 0 aromatic rings. The van der Waals surface area contributed by atoms with Crippen LogP contribution in [-0.4, -0.2) is 54.9 Å². The molecule has 18 heavy (non-hydrogen) atoms. The van der Waals surface area contributed by atoms with Gasteiger partial charge in [-0.3, -0.25) is 0 Å². The normalized spacial score (nSPS) is 13.2. The van der Waals surface area contributed by atoms with Crippen molar-refractivity contribution in [2.75, 3.05) is 35.0 Å². The number of hydrogen-bond donors (Lipinski definition) is 1. The lowest BCUT2D eigenvalue weighted by Gasteiger charge is -2.28. The van der Waals surface area contributed by atoms with E-state index in [2.05, 4.69) is 0 Å². The van der Waals surface area contributed by atoms with Crippen molar-refractivity contribution < 1.29 is 27.9 Å². The summed E-state index contributed by atoms with van der Waals surface area (Å²) in [6.45, 7) is 1.65. The Morgan fingerprint density at radius 3 is 1.94 bits per heavy atom. The molecule has 0 aliphatic heterocycles. The number of aliphatic hydroxyl groups is 1. The first-order chi connectivity index (χ1) is 8.52. The maximum absolute atomic E-state index is 11.6. The molecule has 0 aromatic carbocycles. The molecule has 1 N–H and O–H groups in total. The van der Waals surface area contributed by atoms with Crippen LogP contribution in [0.1, 0.15) is 19.8 Å². The second kappa shape index (κ2) is 8.38. The van der Waals surface area contributed by atoms with Gasteiger partial charge in [-0.1, -0.05) is 0 Å². The molecule has 6 nitrogen and oxygen atoms in total. The minimum Gasteiger partial charge on any atom is -0.466 e. The summed E-state index contributed by atoms with van der Waals surface area (Å²) >= 11 is 0. The van der Waals surface area contributed by atoms with Crippen molar-refractivity contribution in [3.63, 3.8) is 0 Å². The molecular formula is C11H22O6Si. The molecular weight excluding hydrogens is 256 g/mol. The second-order valence-corrected chi connectivity index (χ2v) is 6.53. The third-order valence-electron chi connectivity index (χ3n) is 2.70. The molecule has 0 radical (unpaired) electrons. The Hall–Kier alpha value is -0.733. The van der Waals surface area contributed by atoms with Gasteiger partial charge in [0, 0.05) is 38.7 Å². The van der Waals surface area contributed by atoms with E-state index in [4.69, 9.17) is 23.1 Å². The van der Waals surface area contributed by atoms with Gasteiger partial charge in [-0.25, -0.2) is 4.79 Å². The van der Waals surface area contributed by atoms with Crippen LogP contribution in [0.2, 0.25) is 0 Å². The minimum atomic E-state index is -3.06. The summed E-state index contributed by atoms with van der Waals surface area (Å²) in [5.74, 6) is -0.453. The highest BCUT2D eigenvalue weighted by atomic mass is 28.4. The second-order valence-electron chi connectivity index (χ2n) is 3.59. The Kier molecular flexibility index (Phi) is 8.04. The summed E-state index contributed by atoms with van der Waals surface area (Å²) < 4.78 is 20.8. The molecule has 106 valence electrons. The van der Waals surface area contributed by atoms with E-state index in [1.165, 1.54) is 28.4 Å². The van der Waals surface area contributed by atoms with Gasteiger partial charge in [0.15, 0.2) is 0 Å². The van der Waals surface area contributed by atoms with Crippen LogP contribution >= 0.6 is 0 Å². The molecule has 0 fully saturated rings. The number of ether oxygens (including phenoxy) is 1. The smallest absolute Gasteiger partial charge is 0.466 e. The fourth-order valence-electron chi connectivity index (χ4n) is 1.72. The van der Waals surface area contributed by atoms with Gasteiger partial charge in [0.25, 0.3) is 0 Å². The zero-order chi connectivity index (χ0) is 14.2. The van der Waals surface area contributed by atoms with Gasteiger partial charge in [-0.15, -0.1) is 0 Å². The summed E-state index contributed by atoms with van der Waals surface area (Å²) in [5.41, 5.74) is 0.406. The van der Waals surface area contributed by atoms with E-state index in [1.54, 1.807) is 6.92 Å². The number of allylic oxidation sites excluding steroid dienone is 1. The number of hydrogen-bond acceptors (Lipinski definition) is 6. The fraction of sp³-hybridized carbons (Fsp3) is 0.727.